The molecule has 0 radical (unpaired) electrons. The Morgan fingerprint density at radius 1 is 1.56 bits per heavy atom. The van der Waals surface area contributed by atoms with Crippen molar-refractivity contribution in [1.82, 2.24) is 10.2 Å². The summed E-state index contributed by atoms with van der Waals surface area (Å²) in [5, 5.41) is 7.77. The Labute approximate surface area is 103 Å². The Kier molecular flexibility index (Phi) is 5.68. The molecule has 1 aromatic rings. The van der Waals surface area contributed by atoms with Crippen LogP contribution in [0.15, 0.2) is 9.64 Å². The largest absolute Gasteiger partial charge is 0.465 e. The molecule has 5 nitrogen and oxygen atoms in total. The van der Waals surface area contributed by atoms with E-state index in [4.69, 9.17) is 9.15 Å². The van der Waals surface area contributed by atoms with Crippen LogP contribution in [0, 0.1) is 0 Å². The van der Waals surface area contributed by atoms with E-state index in [0.29, 0.717) is 23.5 Å². The molecule has 1 rings (SSSR count). The van der Waals surface area contributed by atoms with Crippen LogP contribution in [0.3, 0.4) is 0 Å². The van der Waals surface area contributed by atoms with Gasteiger partial charge in [0.2, 0.25) is 5.89 Å². The average molecular weight is 262 g/mol. The first-order valence-electron chi connectivity index (χ1n) is 4.82. The zero-order valence-electron chi connectivity index (χ0n) is 9.43. The molecule has 0 aromatic carbocycles. The van der Waals surface area contributed by atoms with E-state index >= 15 is 0 Å². The van der Waals surface area contributed by atoms with Gasteiger partial charge in [-0.2, -0.15) is 11.8 Å². The lowest BCUT2D eigenvalue weighted by Gasteiger charge is -2.06. The number of rotatable bonds is 6. The molecule has 1 heterocycles. The smallest absolute Gasteiger partial charge is 0.319 e. The van der Waals surface area contributed by atoms with E-state index in [1.807, 2.05) is 6.26 Å². The Hall–Kier alpha value is -0.690. The maximum atomic E-state index is 11.3. The van der Waals surface area contributed by atoms with Gasteiger partial charge in [0.1, 0.15) is 5.25 Å². The summed E-state index contributed by atoms with van der Waals surface area (Å²) in [5.74, 6) is 0.990. The van der Waals surface area contributed by atoms with Gasteiger partial charge in [-0.25, -0.2) is 0 Å². The summed E-state index contributed by atoms with van der Waals surface area (Å²) in [6.07, 6.45) is 1.96. The highest BCUT2D eigenvalue weighted by Gasteiger charge is 2.18. The van der Waals surface area contributed by atoms with Crippen molar-refractivity contribution in [1.29, 1.82) is 0 Å². The van der Waals surface area contributed by atoms with E-state index in [2.05, 4.69) is 10.2 Å². The normalized spacial score (nSPS) is 12.4. The van der Waals surface area contributed by atoms with Crippen LogP contribution in [0.1, 0.15) is 19.7 Å². The number of hydrogen-bond acceptors (Lipinski definition) is 7. The van der Waals surface area contributed by atoms with Gasteiger partial charge in [0.05, 0.1) is 12.4 Å². The second-order valence-corrected chi connectivity index (χ2v) is 5.06. The molecular formula is C9H14N2O3S2. The third-order valence-electron chi connectivity index (χ3n) is 1.61. The summed E-state index contributed by atoms with van der Waals surface area (Å²) in [4.78, 5) is 11.3. The van der Waals surface area contributed by atoms with Gasteiger partial charge in [-0.15, -0.1) is 10.2 Å². The van der Waals surface area contributed by atoms with Crippen molar-refractivity contribution in [3.63, 3.8) is 0 Å². The molecule has 90 valence electrons. The lowest BCUT2D eigenvalue weighted by atomic mass is 10.5. The van der Waals surface area contributed by atoms with Crippen molar-refractivity contribution in [3.8, 4) is 0 Å². The topological polar surface area (TPSA) is 65.2 Å². The number of carbonyl (C=O) groups excluding carboxylic acids is 1. The Morgan fingerprint density at radius 3 is 2.94 bits per heavy atom. The number of thioether (sulfide) groups is 2. The molecule has 16 heavy (non-hydrogen) atoms. The fourth-order valence-electron chi connectivity index (χ4n) is 0.927. The third kappa shape index (κ3) is 4.05. The first kappa shape index (κ1) is 13.4. The number of nitrogens with zero attached hydrogens (tertiary/aromatic N) is 2. The predicted octanol–water partition coefficient (Wildman–Crippen LogP) is 1.98. The number of carbonyl (C=O) groups is 1. The van der Waals surface area contributed by atoms with Gasteiger partial charge in [-0.05, 0) is 20.1 Å². The summed E-state index contributed by atoms with van der Waals surface area (Å²) < 4.78 is 10.2. The van der Waals surface area contributed by atoms with Crippen LogP contribution in [0.25, 0.3) is 0 Å². The summed E-state index contributed by atoms with van der Waals surface area (Å²) in [5.41, 5.74) is 0. The van der Waals surface area contributed by atoms with E-state index in [1.54, 1.807) is 25.6 Å². The molecule has 0 saturated heterocycles. The highest BCUT2D eigenvalue weighted by molar-refractivity contribution is 8.00. The van der Waals surface area contributed by atoms with E-state index in [9.17, 15) is 4.79 Å². The summed E-state index contributed by atoms with van der Waals surface area (Å²) >= 11 is 2.82. The minimum Gasteiger partial charge on any atom is -0.465 e. The minimum atomic E-state index is -0.331. The molecule has 7 heteroatoms. The minimum absolute atomic E-state index is 0.267. The molecular weight excluding hydrogens is 248 g/mol. The molecule has 0 amide bonds. The van der Waals surface area contributed by atoms with Gasteiger partial charge in [0.15, 0.2) is 0 Å². The summed E-state index contributed by atoms with van der Waals surface area (Å²) in [7, 11) is 0. The molecule has 1 aromatic heterocycles. The molecule has 0 spiro atoms. The van der Waals surface area contributed by atoms with Crippen molar-refractivity contribution in [2.24, 2.45) is 0 Å². The van der Waals surface area contributed by atoms with E-state index < -0.39 is 0 Å². The van der Waals surface area contributed by atoms with E-state index in [-0.39, 0.29) is 11.2 Å². The van der Waals surface area contributed by atoms with Gasteiger partial charge in [0.25, 0.3) is 5.22 Å². The average Bonchev–Trinajstić information content (AvgIpc) is 2.66. The first-order chi connectivity index (χ1) is 7.67. The lowest BCUT2D eigenvalue weighted by molar-refractivity contribution is -0.142. The van der Waals surface area contributed by atoms with Gasteiger partial charge >= 0.3 is 5.97 Å². The second-order valence-electron chi connectivity index (χ2n) is 2.91. The molecule has 1 atom stereocenters. The SMILES string of the molecule is CCOC(=O)[C@H](C)Sc1nnc(CSC)o1. The predicted molar refractivity (Wildman–Crippen MR) is 63.5 cm³/mol. The molecule has 0 aliphatic carbocycles. The molecule has 0 unspecified atom stereocenters. The highest BCUT2D eigenvalue weighted by atomic mass is 32.2. The summed E-state index contributed by atoms with van der Waals surface area (Å²) in [6, 6.07) is 0. The third-order valence-corrected chi connectivity index (χ3v) is 3.06. The number of ether oxygens (including phenoxy) is 1. The first-order valence-corrected chi connectivity index (χ1v) is 7.09. The van der Waals surface area contributed by atoms with Gasteiger partial charge in [-0.1, -0.05) is 11.8 Å². The molecule has 0 aliphatic rings. The fraction of sp³-hybridized carbons (Fsp3) is 0.667. The maximum Gasteiger partial charge on any atom is 0.319 e. The van der Waals surface area contributed by atoms with Crippen molar-refractivity contribution in [3.05, 3.63) is 5.89 Å². The van der Waals surface area contributed by atoms with Crippen molar-refractivity contribution >= 4 is 29.5 Å². The molecule has 0 bridgehead atoms. The van der Waals surface area contributed by atoms with Crippen molar-refractivity contribution < 1.29 is 13.9 Å². The zero-order valence-corrected chi connectivity index (χ0v) is 11.1. The van der Waals surface area contributed by atoms with E-state index in [1.165, 1.54) is 11.8 Å². The molecule has 0 saturated carbocycles. The van der Waals surface area contributed by atoms with Crippen LogP contribution in [0.4, 0.5) is 0 Å². The van der Waals surface area contributed by atoms with Crippen molar-refractivity contribution in [2.45, 2.75) is 30.1 Å². The lowest BCUT2D eigenvalue weighted by Crippen LogP contribution is -2.16. The second kappa shape index (κ2) is 6.80. The molecule has 0 fully saturated rings. The van der Waals surface area contributed by atoms with Crippen LogP contribution < -0.4 is 0 Å². The maximum absolute atomic E-state index is 11.3. The van der Waals surface area contributed by atoms with Gasteiger partial charge in [-0.3, -0.25) is 4.79 Å². The Balaban J connectivity index is 2.48. The molecule has 0 N–H and O–H groups in total. The van der Waals surface area contributed by atoms with Crippen LogP contribution in [-0.4, -0.2) is 34.3 Å². The quantitative estimate of drug-likeness (QED) is 0.573. The van der Waals surface area contributed by atoms with Crippen LogP contribution in [-0.2, 0) is 15.3 Å². The highest BCUT2D eigenvalue weighted by Crippen LogP contribution is 2.23. The van der Waals surface area contributed by atoms with Gasteiger partial charge in [0, 0.05) is 0 Å². The van der Waals surface area contributed by atoms with Crippen LogP contribution >= 0.6 is 23.5 Å². The Bertz CT molecular complexity index is 343. The number of esters is 1. The number of aromatic nitrogens is 2. The molecule has 0 aliphatic heterocycles. The summed E-state index contributed by atoms with van der Waals surface area (Å²) in [6.45, 7) is 3.91. The standard InChI is InChI=1S/C9H14N2O3S2/c1-4-13-8(12)6(2)16-9-11-10-7(14-9)5-15-3/h6H,4-5H2,1-3H3/t6-/m0/s1. The van der Waals surface area contributed by atoms with Crippen LogP contribution in [0.5, 0.6) is 0 Å². The van der Waals surface area contributed by atoms with Crippen molar-refractivity contribution in [2.75, 3.05) is 12.9 Å². The van der Waals surface area contributed by atoms with Gasteiger partial charge < -0.3 is 9.15 Å². The van der Waals surface area contributed by atoms with Crippen LogP contribution in [0.2, 0.25) is 0 Å². The van der Waals surface area contributed by atoms with E-state index in [0.717, 1.165) is 0 Å². The monoisotopic (exact) mass is 262 g/mol. The fourth-order valence-corrected chi connectivity index (χ4v) is 1.99. The Morgan fingerprint density at radius 2 is 2.31 bits per heavy atom. The number of hydrogen-bond donors (Lipinski definition) is 0. The zero-order chi connectivity index (χ0) is 12.0.